The number of hydrogen-bond donors (Lipinski definition) is 2. The van der Waals surface area contributed by atoms with Gasteiger partial charge in [-0.3, -0.25) is 14.4 Å². The van der Waals surface area contributed by atoms with E-state index in [2.05, 4.69) is 10.6 Å². The van der Waals surface area contributed by atoms with E-state index in [1.165, 1.54) is 11.8 Å². The van der Waals surface area contributed by atoms with Crippen molar-refractivity contribution in [2.75, 3.05) is 40.2 Å². The molecule has 2 aromatic carbocycles. The van der Waals surface area contributed by atoms with Gasteiger partial charge in [0.05, 0.1) is 13.7 Å². The van der Waals surface area contributed by atoms with Crippen molar-refractivity contribution in [1.29, 1.82) is 0 Å². The van der Waals surface area contributed by atoms with Gasteiger partial charge in [0.25, 0.3) is 0 Å². The summed E-state index contributed by atoms with van der Waals surface area (Å²) in [5.41, 5.74) is 1.35. The summed E-state index contributed by atoms with van der Waals surface area (Å²) in [5, 5.41) is 5.46. The maximum absolute atomic E-state index is 13.5. The van der Waals surface area contributed by atoms with Crippen LogP contribution in [-0.4, -0.2) is 62.8 Å². The molecule has 10 heteroatoms. The first-order valence-corrected chi connectivity index (χ1v) is 11.8. The van der Waals surface area contributed by atoms with E-state index in [1.54, 1.807) is 43.5 Å². The third kappa shape index (κ3) is 7.35. The highest BCUT2D eigenvalue weighted by Crippen LogP contribution is 2.34. The number of fused-ring (bicyclic) bond motifs is 1. The van der Waals surface area contributed by atoms with Gasteiger partial charge in [-0.05, 0) is 48.7 Å². The van der Waals surface area contributed by atoms with Crippen LogP contribution in [0.3, 0.4) is 0 Å². The van der Waals surface area contributed by atoms with Crippen LogP contribution in [-0.2, 0) is 25.7 Å². The van der Waals surface area contributed by atoms with Crippen LogP contribution in [0.2, 0.25) is 0 Å². The Labute approximate surface area is 210 Å². The number of ether oxygens (including phenoxy) is 4. The zero-order valence-electron chi connectivity index (χ0n) is 20.9. The Balaban J connectivity index is 1.91. The second-order valence-corrected chi connectivity index (χ2v) is 8.14. The molecule has 0 radical (unpaired) electrons. The minimum atomic E-state index is -0.949. The largest absolute Gasteiger partial charge is 0.497 e. The van der Waals surface area contributed by atoms with Gasteiger partial charge >= 0.3 is 0 Å². The second kappa shape index (κ2) is 13.3. The van der Waals surface area contributed by atoms with Gasteiger partial charge in [0, 0.05) is 33.2 Å². The fourth-order valence-corrected chi connectivity index (χ4v) is 3.75. The van der Waals surface area contributed by atoms with Gasteiger partial charge in [-0.1, -0.05) is 18.2 Å². The molecule has 1 aliphatic rings. The molecule has 3 amide bonds. The fourth-order valence-electron chi connectivity index (χ4n) is 3.75. The van der Waals surface area contributed by atoms with Crippen molar-refractivity contribution in [1.82, 2.24) is 15.5 Å². The molecule has 0 bridgehead atoms. The van der Waals surface area contributed by atoms with E-state index < -0.39 is 11.9 Å². The van der Waals surface area contributed by atoms with E-state index in [-0.39, 0.29) is 31.7 Å². The van der Waals surface area contributed by atoms with Crippen molar-refractivity contribution >= 4 is 17.7 Å². The highest BCUT2D eigenvalue weighted by Gasteiger charge is 2.32. The molecule has 10 nitrogen and oxygen atoms in total. The van der Waals surface area contributed by atoms with Crippen molar-refractivity contribution in [2.45, 2.75) is 32.9 Å². The SMILES string of the molecule is CCOCCCNC(=O)[C@@H](c1ccc(OC)cc1)N(Cc1ccc2c(c1)OCO2)C(=O)CNC(C)=O. The zero-order valence-corrected chi connectivity index (χ0v) is 20.9. The van der Waals surface area contributed by atoms with Crippen molar-refractivity contribution in [3.05, 3.63) is 53.6 Å². The summed E-state index contributed by atoms with van der Waals surface area (Å²) in [5.74, 6) is 0.729. The standard InChI is InChI=1S/C26H33N3O7/c1-4-34-13-5-12-27-26(32)25(20-7-9-21(33-3)10-8-20)29(24(31)15-28-18(2)30)16-19-6-11-22-23(14-19)36-17-35-22/h6-11,14,25H,4-5,12-13,15-17H2,1-3H3,(H,27,32)(H,28,30)/t25-/m1/s1. The summed E-state index contributed by atoms with van der Waals surface area (Å²) in [6, 6.07) is 11.4. The minimum absolute atomic E-state index is 0.109. The number of methoxy groups -OCH3 is 1. The molecule has 2 aromatic rings. The van der Waals surface area contributed by atoms with Crippen LogP contribution in [0.25, 0.3) is 0 Å². The molecule has 0 unspecified atom stereocenters. The number of benzene rings is 2. The maximum atomic E-state index is 13.5. The first-order chi connectivity index (χ1) is 17.4. The summed E-state index contributed by atoms with van der Waals surface area (Å²) in [6.07, 6.45) is 0.636. The molecule has 0 fully saturated rings. The summed E-state index contributed by atoms with van der Waals surface area (Å²) in [6.45, 7) is 4.75. The van der Waals surface area contributed by atoms with Crippen LogP contribution in [0, 0.1) is 0 Å². The van der Waals surface area contributed by atoms with E-state index in [0.29, 0.717) is 49.0 Å². The van der Waals surface area contributed by atoms with Gasteiger partial charge in [-0.25, -0.2) is 0 Å². The quantitative estimate of drug-likeness (QED) is 0.406. The topological polar surface area (TPSA) is 115 Å². The molecule has 1 aliphatic heterocycles. The molecule has 194 valence electrons. The average molecular weight is 500 g/mol. The summed E-state index contributed by atoms with van der Waals surface area (Å²) in [7, 11) is 1.56. The summed E-state index contributed by atoms with van der Waals surface area (Å²) in [4.78, 5) is 39.8. The smallest absolute Gasteiger partial charge is 0.247 e. The van der Waals surface area contributed by atoms with E-state index >= 15 is 0 Å². The van der Waals surface area contributed by atoms with Crippen LogP contribution in [0.15, 0.2) is 42.5 Å². The number of carbonyl (C=O) groups is 3. The summed E-state index contributed by atoms with van der Waals surface area (Å²) >= 11 is 0. The molecule has 0 spiro atoms. The van der Waals surface area contributed by atoms with Crippen LogP contribution < -0.4 is 24.8 Å². The van der Waals surface area contributed by atoms with Crippen molar-refractivity contribution in [3.8, 4) is 17.2 Å². The molecular formula is C26H33N3O7. The number of amides is 3. The number of rotatable bonds is 13. The molecule has 36 heavy (non-hydrogen) atoms. The van der Waals surface area contributed by atoms with Gasteiger partial charge in [0.1, 0.15) is 11.8 Å². The third-order valence-electron chi connectivity index (χ3n) is 5.56. The second-order valence-electron chi connectivity index (χ2n) is 8.14. The van der Waals surface area contributed by atoms with Crippen molar-refractivity contribution in [2.24, 2.45) is 0 Å². The van der Waals surface area contributed by atoms with Crippen molar-refractivity contribution in [3.63, 3.8) is 0 Å². The molecule has 1 atom stereocenters. The Bertz CT molecular complexity index is 1040. The fraction of sp³-hybridized carbons (Fsp3) is 0.423. The minimum Gasteiger partial charge on any atom is -0.497 e. The lowest BCUT2D eigenvalue weighted by Gasteiger charge is -2.32. The number of hydrogen-bond acceptors (Lipinski definition) is 7. The summed E-state index contributed by atoms with van der Waals surface area (Å²) < 4.78 is 21.5. The molecule has 0 aliphatic carbocycles. The Morgan fingerprint density at radius 3 is 2.50 bits per heavy atom. The van der Waals surface area contributed by atoms with Gasteiger partial charge in [0.15, 0.2) is 11.5 Å². The van der Waals surface area contributed by atoms with E-state index in [4.69, 9.17) is 18.9 Å². The number of nitrogens with zero attached hydrogens (tertiary/aromatic N) is 1. The molecular weight excluding hydrogens is 466 g/mol. The Morgan fingerprint density at radius 2 is 1.81 bits per heavy atom. The molecule has 0 saturated carbocycles. The van der Waals surface area contributed by atoms with Crippen LogP contribution in [0.4, 0.5) is 0 Å². The molecule has 2 N–H and O–H groups in total. The van der Waals surface area contributed by atoms with E-state index in [0.717, 1.165) is 5.56 Å². The highest BCUT2D eigenvalue weighted by atomic mass is 16.7. The Kier molecular flexibility index (Phi) is 9.93. The number of nitrogens with one attached hydrogen (secondary N) is 2. The van der Waals surface area contributed by atoms with Gasteiger partial charge in [0.2, 0.25) is 24.5 Å². The van der Waals surface area contributed by atoms with E-state index in [1.807, 2.05) is 13.0 Å². The first kappa shape index (κ1) is 26.8. The number of carbonyl (C=O) groups excluding carboxylic acids is 3. The first-order valence-electron chi connectivity index (χ1n) is 11.8. The van der Waals surface area contributed by atoms with Crippen LogP contribution in [0.5, 0.6) is 17.2 Å². The maximum Gasteiger partial charge on any atom is 0.247 e. The average Bonchev–Trinajstić information content (AvgIpc) is 3.35. The zero-order chi connectivity index (χ0) is 25.9. The molecule has 0 saturated heterocycles. The highest BCUT2D eigenvalue weighted by molar-refractivity contribution is 5.90. The Morgan fingerprint density at radius 1 is 1.06 bits per heavy atom. The van der Waals surface area contributed by atoms with Crippen LogP contribution >= 0.6 is 0 Å². The van der Waals surface area contributed by atoms with E-state index in [9.17, 15) is 14.4 Å². The van der Waals surface area contributed by atoms with Gasteiger partial charge in [-0.2, -0.15) is 0 Å². The molecule has 0 aromatic heterocycles. The van der Waals surface area contributed by atoms with Gasteiger partial charge < -0.3 is 34.5 Å². The van der Waals surface area contributed by atoms with Gasteiger partial charge in [-0.15, -0.1) is 0 Å². The predicted octanol–water partition coefficient (Wildman–Crippen LogP) is 2.17. The normalized spacial score (nSPS) is 12.5. The molecule has 3 rings (SSSR count). The molecule has 1 heterocycles. The monoisotopic (exact) mass is 499 g/mol. The lowest BCUT2D eigenvalue weighted by Crippen LogP contribution is -2.47. The lowest BCUT2D eigenvalue weighted by atomic mass is 10.0. The van der Waals surface area contributed by atoms with Crippen LogP contribution in [0.1, 0.15) is 37.4 Å². The third-order valence-corrected chi connectivity index (χ3v) is 5.56. The lowest BCUT2D eigenvalue weighted by molar-refractivity contribution is -0.141. The van der Waals surface area contributed by atoms with Crippen molar-refractivity contribution < 1.29 is 33.3 Å². The Hall–Kier alpha value is -3.79. The predicted molar refractivity (Wildman–Crippen MR) is 132 cm³/mol.